The number of anilines is 3. The van der Waals surface area contributed by atoms with Crippen LogP contribution in [0, 0.1) is 19.7 Å². The van der Waals surface area contributed by atoms with Crippen molar-refractivity contribution >= 4 is 17.1 Å². The van der Waals surface area contributed by atoms with Crippen molar-refractivity contribution in [2.75, 3.05) is 11.1 Å². The van der Waals surface area contributed by atoms with Gasteiger partial charge in [-0.3, -0.25) is 0 Å². The molecule has 0 saturated carbocycles. The van der Waals surface area contributed by atoms with Crippen LogP contribution in [0.5, 0.6) is 0 Å². The summed E-state index contributed by atoms with van der Waals surface area (Å²) in [4.78, 5) is 0. The first kappa shape index (κ1) is 11.5. The van der Waals surface area contributed by atoms with Crippen LogP contribution in [0.1, 0.15) is 11.1 Å². The minimum Gasteiger partial charge on any atom is -0.398 e. The lowest BCUT2D eigenvalue weighted by Crippen LogP contribution is -1.97. The van der Waals surface area contributed by atoms with Crippen LogP contribution in [0.3, 0.4) is 0 Å². The van der Waals surface area contributed by atoms with E-state index in [1.54, 1.807) is 13.0 Å². The summed E-state index contributed by atoms with van der Waals surface area (Å²) in [6.45, 7) is 3.70. The number of nitrogen functional groups attached to an aromatic ring is 1. The quantitative estimate of drug-likeness (QED) is 0.771. The Labute approximate surface area is 100 Å². The Morgan fingerprint density at radius 2 is 1.88 bits per heavy atom. The van der Waals surface area contributed by atoms with Gasteiger partial charge in [0.2, 0.25) is 0 Å². The third kappa shape index (κ3) is 2.38. The second kappa shape index (κ2) is 4.45. The van der Waals surface area contributed by atoms with Gasteiger partial charge in [0, 0.05) is 22.6 Å². The molecule has 0 radical (unpaired) electrons. The molecule has 0 atom stereocenters. The van der Waals surface area contributed by atoms with Crippen LogP contribution in [-0.2, 0) is 0 Å². The Morgan fingerprint density at radius 3 is 2.59 bits per heavy atom. The molecule has 3 N–H and O–H groups in total. The number of hydrogen-bond acceptors (Lipinski definition) is 2. The topological polar surface area (TPSA) is 38.0 Å². The van der Waals surface area contributed by atoms with Crippen molar-refractivity contribution in [1.29, 1.82) is 0 Å². The molecule has 88 valence electrons. The summed E-state index contributed by atoms with van der Waals surface area (Å²) in [5, 5.41) is 3.16. The summed E-state index contributed by atoms with van der Waals surface area (Å²) in [5.74, 6) is -0.213. The van der Waals surface area contributed by atoms with E-state index in [1.807, 2.05) is 31.2 Å². The van der Waals surface area contributed by atoms with E-state index in [1.165, 1.54) is 6.07 Å². The van der Waals surface area contributed by atoms with Crippen molar-refractivity contribution in [3.63, 3.8) is 0 Å². The molecule has 0 fully saturated rings. The highest BCUT2D eigenvalue weighted by molar-refractivity contribution is 5.67. The third-order valence-electron chi connectivity index (χ3n) is 2.83. The zero-order valence-corrected chi connectivity index (χ0v) is 9.92. The monoisotopic (exact) mass is 230 g/mol. The molecule has 2 nitrogen and oxygen atoms in total. The van der Waals surface area contributed by atoms with Crippen molar-refractivity contribution in [1.82, 2.24) is 0 Å². The van der Waals surface area contributed by atoms with Crippen molar-refractivity contribution in [3.8, 4) is 0 Å². The molecular weight excluding hydrogens is 215 g/mol. The van der Waals surface area contributed by atoms with Crippen LogP contribution >= 0.6 is 0 Å². The Kier molecular flexibility index (Phi) is 3.00. The first-order valence-electron chi connectivity index (χ1n) is 5.46. The first-order valence-corrected chi connectivity index (χ1v) is 5.46. The molecular formula is C14H15FN2. The lowest BCUT2D eigenvalue weighted by Gasteiger charge is -2.11. The van der Waals surface area contributed by atoms with Gasteiger partial charge in [-0.2, -0.15) is 0 Å². The van der Waals surface area contributed by atoms with Gasteiger partial charge in [0.25, 0.3) is 0 Å². The molecule has 0 aliphatic rings. The van der Waals surface area contributed by atoms with Crippen LogP contribution in [-0.4, -0.2) is 0 Å². The van der Waals surface area contributed by atoms with Crippen LogP contribution < -0.4 is 11.1 Å². The van der Waals surface area contributed by atoms with Gasteiger partial charge in [0.1, 0.15) is 5.82 Å². The maximum absolute atomic E-state index is 13.4. The number of nitrogens with two attached hydrogens (primary N) is 1. The summed E-state index contributed by atoms with van der Waals surface area (Å²) in [7, 11) is 0. The average molecular weight is 230 g/mol. The summed E-state index contributed by atoms with van der Waals surface area (Å²) in [6, 6.07) is 10.7. The molecule has 0 spiro atoms. The van der Waals surface area contributed by atoms with E-state index in [2.05, 4.69) is 5.32 Å². The van der Waals surface area contributed by atoms with Gasteiger partial charge in [-0.05, 0) is 43.7 Å². The second-order valence-corrected chi connectivity index (χ2v) is 4.11. The van der Waals surface area contributed by atoms with Crippen LogP contribution in [0.2, 0.25) is 0 Å². The highest BCUT2D eigenvalue weighted by Crippen LogP contribution is 2.24. The standard InChI is InChI=1S/C14H15FN2/c1-9-6-7-11(8-13(9)16)17-14-5-3-4-12(15)10(14)2/h3-8,17H,16H2,1-2H3. The largest absolute Gasteiger partial charge is 0.398 e. The maximum Gasteiger partial charge on any atom is 0.128 e. The van der Waals surface area contributed by atoms with Gasteiger partial charge in [0.05, 0.1) is 0 Å². The fourth-order valence-electron chi connectivity index (χ4n) is 1.62. The molecule has 0 unspecified atom stereocenters. The molecule has 0 saturated heterocycles. The predicted octanol–water partition coefficient (Wildman–Crippen LogP) is 3.77. The number of hydrogen-bond donors (Lipinski definition) is 2. The van der Waals surface area contributed by atoms with Crippen molar-refractivity contribution in [2.45, 2.75) is 13.8 Å². The van der Waals surface area contributed by atoms with Crippen LogP contribution in [0.15, 0.2) is 36.4 Å². The Morgan fingerprint density at radius 1 is 1.12 bits per heavy atom. The number of nitrogens with one attached hydrogen (secondary N) is 1. The van der Waals surface area contributed by atoms with Gasteiger partial charge in [-0.1, -0.05) is 12.1 Å². The fourth-order valence-corrected chi connectivity index (χ4v) is 1.62. The molecule has 2 aromatic rings. The van der Waals surface area contributed by atoms with Gasteiger partial charge in [-0.15, -0.1) is 0 Å². The molecule has 17 heavy (non-hydrogen) atoms. The fraction of sp³-hybridized carbons (Fsp3) is 0.143. The van der Waals surface area contributed by atoms with Crippen LogP contribution in [0.4, 0.5) is 21.5 Å². The Hall–Kier alpha value is -2.03. The van der Waals surface area contributed by atoms with Crippen molar-refractivity contribution in [3.05, 3.63) is 53.3 Å². The lowest BCUT2D eigenvalue weighted by molar-refractivity contribution is 0.619. The summed E-state index contributed by atoms with van der Waals surface area (Å²) in [6.07, 6.45) is 0. The highest BCUT2D eigenvalue weighted by atomic mass is 19.1. The molecule has 3 heteroatoms. The van der Waals surface area contributed by atoms with Gasteiger partial charge < -0.3 is 11.1 Å². The molecule has 0 aromatic heterocycles. The van der Waals surface area contributed by atoms with Gasteiger partial charge >= 0.3 is 0 Å². The molecule has 0 heterocycles. The minimum absolute atomic E-state index is 0.213. The van der Waals surface area contributed by atoms with E-state index < -0.39 is 0 Å². The van der Waals surface area contributed by atoms with Gasteiger partial charge in [0.15, 0.2) is 0 Å². The van der Waals surface area contributed by atoms with E-state index >= 15 is 0 Å². The lowest BCUT2D eigenvalue weighted by atomic mass is 10.1. The zero-order chi connectivity index (χ0) is 12.4. The summed E-state index contributed by atoms with van der Waals surface area (Å²) in [5.41, 5.74) is 9.81. The number of benzene rings is 2. The SMILES string of the molecule is Cc1ccc(Nc2cccc(F)c2C)cc1N. The number of aryl methyl sites for hydroxylation is 1. The molecule has 0 aliphatic carbocycles. The Balaban J connectivity index is 2.31. The average Bonchev–Trinajstić information content (AvgIpc) is 2.30. The number of rotatable bonds is 2. The van der Waals surface area contributed by atoms with E-state index in [0.717, 1.165) is 22.6 Å². The van der Waals surface area contributed by atoms with Crippen molar-refractivity contribution < 1.29 is 4.39 Å². The first-order chi connectivity index (χ1) is 8.08. The highest BCUT2D eigenvalue weighted by Gasteiger charge is 2.04. The smallest absolute Gasteiger partial charge is 0.128 e. The molecule has 0 amide bonds. The van der Waals surface area contributed by atoms with Gasteiger partial charge in [-0.25, -0.2) is 4.39 Å². The van der Waals surface area contributed by atoms with E-state index in [-0.39, 0.29) is 5.82 Å². The second-order valence-electron chi connectivity index (χ2n) is 4.11. The third-order valence-corrected chi connectivity index (χ3v) is 2.83. The van der Waals surface area contributed by atoms with E-state index in [9.17, 15) is 4.39 Å². The maximum atomic E-state index is 13.4. The number of halogens is 1. The summed E-state index contributed by atoms with van der Waals surface area (Å²) >= 11 is 0. The molecule has 0 aliphatic heterocycles. The molecule has 2 aromatic carbocycles. The predicted molar refractivity (Wildman–Crippen MR) is 70.0 cm³/mol. The minimum atomic E-state index is -0.213. The normalized spacial score (nSPS) is 10.3. The molecule has 0 bridgehead atoms. The molecule has 2 rings (SSSR count). The van der Waals surface area contributed by atoms with Crippen LogP contribution in [0.25, 0.3) is 0 Å². The van der Waals surface area contributed by atoms with E-state index in [0.29, 0.717) is 5.56 Å². The summed E-state index contributed by atoms with van der Waals surface area (Å²) < 4.78 is 13.4. The van der Waals surface area contributed by atoms with Crippen molar-refractivity contribution in [2.24, 2.45) is 0 Å². The zero-order valence-electron chi connectivity index (χ0n) is 9.92. The van der Waals surface area contributed by atoms with E-state index in [4.69, 9.17) is 5.73 Å². The Bertz CT molecular complexity index is 550.